The van der Waals surface area contributed by atoms with Gasteiger partial charge >= 0.3 is 5.97 Å². The highest BCUT2D eigenvalue weighted by Gasteiger charge is 2.19. The van der Waals surface area contributed by atoms with Crippen molar-refractivity contribution in [2.75, 3.05) is 6.61 Å². The van der Waals surface area contributed by atoms with E-state index in [0.717, 1.165) is 23.4 Å². The Morgan fingerprint density at radius 2 is 2.40 bits per heavy atom. The Morgan fingerprint density at radius 1 is 1.53 bits per heavy atom. The predicted octanol–water partition coefficient (Wildman–Crippen LogP) is 1.15. The van der Waals surface area contributed by atoms with E-state index >= 15 is 0 Å². The monoisotopic (exact) mass is 211 g/mol. The van der Waals surface area contributed by atoms with Crippen molar-refractivity contribution >= 4 is 5.97 Å². The number of hydrogen-bond acceptors (Lipinski definition) is 4. The molecule has 0 aliphatic carbocycles. The summed E-state index contributed by atoms with van der Waals surface area (Å²) >= 11 is 0. The number of fused-ring (bicyclic) bond motifs is 1. The first-order valence-corrected chi connectivity index (χ1v) is 5.03. The van der Waals surface area contributed by atoms with Crippen LogP contribution >= 0.6 is 0 Å². The Bertz CT molecular complexity index is 358. The van der Waals surface area contributed by atoms with Gasteiger partial charge in [0.1, 0.15) is 5.76 Å². The number of hydrogen-bond donors (Lipinski definition) is 1. The lowest BCUT2D eigenvalue weighted by Gasteiger charge is -2.10. The summed E-state index contributed by atoms with van der Waals surface area (Å²) in [5, 5.41) is 12.5. The molecule has 5 nitrogen and oxygen atoms in total. The molecule has 0 unspecified atom stereocenters. The molecule has 1 aromatic rings. The van der Waals surface area contributed by atoms with Crippen LogP contribution in [0.3, 0.4) is 0 Å². The Hall–Kier alpha value is -1.36. The fraction of sp³-hybridized carbons (Fsp3) is 0.600. The second-order valence-electron chi connectivity index (χ2n) is 3.58. The van der Waals surface area contributed by atoms with Gasteiger partial charge in [0.05, 0.1) is 18.9 Å². The molecule has 82 valence electrons. The SMILES string of the molecule is O=C(O)CCCc1onc2c1COCC2. The Balaban J connectivity index is 1.96. The second-order valence-corrected chi connectivity index (χ2v) is 3.58. The van der Waals surface area contributed by atoms with E-state index in [2.05, 4.69) is 5.16 Å². The number of rotatable bonds is 4. The normalized spacial score (nSPS) is 14.9. The summed E-state index contributed by atoms with van der Waals surface area (Å²) in [5.41, 5.74) is 1.98. The van der Waals surface area contributed by atoms with E-state index < -0.39 is 5.97 Å². The summed E-state index contributed by atoms with van der Waals surface area (Å²) in [6, 6.07) is 0. The minimum Gasteiger partial charge on any atom is -0.481 e. The fourth-order valence-corrected chi connectivity index (χ4v) is 1.68. The van der Waals surface area contributed by atoms with Crippen molar-refractivity contribution in [1.82, 2.24) is 5.16 Å². The lowest BCUT2D eigenvalue weighted by Crippen LogP contribution is -2.09. The standard InChI is InChI=1S/C10H13NO4/c12-10(13)3-1-2-9-7-6-14-5-4-8(7)11-15-9/h1-6H2,(H,12,13). The fourth-order valence-electron chi connectivity index (χ4n) is 1.68. The Labute approximate surface area is 87.0 Å². The molecule has 0 atom stereocenters. The molecule has 2 heterocycles. The summed E-state index contributed by atoms with van der Waals surface area (Å²) < 4.78 is 10.5. The van der Waals surface area contributed by atoms with Crippen molar-refractivity contribution in [1.29, 1.82) is 0 Å². The molecule has 0 spiro atoms. The van der Waals surface area contributed by atoms with Gasteiger partial charge in [0.25, 0.3) is 0 Å². The van der Waals surface area contributed by atoms with Crippen LogP contribution in [0.4, 0.5) is 0 Å². The molecular weight excluding hydrogens is 198 g/mol. The highest BCUT2D eigenvalue weighted by Crippen LogP contribution is 2.21. The molecule has 0 aromatic carbocycles. The predicted molar refractivity (Wildman–Crippen MR) is 50.4 cm³/mol. The number of aryl methyl sites for hydroxylation is 1. The summed E-state index contributed by atoms with van der Waals surface area (Å²) in [7, 11) is 0. The highest BCUT2D eigenvalue weighted by atomic mass is 16.5. The number of carboxylic acid groups (broad SMARTS) is 1. The molecule has 0 amide bonds. The third-order valence-corrected chi connectivity index (χ3v) is 2.48. The van der Waals surface area contributed by atoms with E-state index in [-0.39, 0.29) is 6.42 Å². The first-order valence-electron chi connectivity index (χ1n) is 5.03. The van der Waals surface area contributed by atoms with Crippen LogP contribution in [0, 0.1) is 0 Å². The smallest absolute Gasteiger partial charge is 0.303 e. The maximum atomic E-state index is 10.3. The molecule has 1 aliphatic rings. The Kier molecular flexibility index (Phi) is 3.01. The van der Waals surface area contributed by atoms with Gasteiger partial charge in [-0.25, -0.2) is 0 Å². The van der Waals surface area contributed by atoms with Crippen molar-refractivity contribution in [3.63, 3.8) is 0 Å². The Morgan fingerprint density at radius 3 is 3.20 bits per heavy atom. The van der Waals surface area contributed by atoms with Crippen LogP contribution in [0.5, 0.6) is 0 Å². The molecule has 0 saturated heterocycles. The average molecular weight is 211 g/mol. The maximum Gasteiger partial charge on any atom is 0.303 e. The van der Waals surface area contributed by atoms with Gasteiger partial charge < -0.3 is 14.4 Å². The van der Waals surface area contributed by atoms with Gasteiger partial charge in [-0.1, -0.05) is 5.16 Å². The van der Waals surface area contributed by atoms with Gasteiger partial charge in [0.2, 0.25) is 0 Å². The second kappa shape index (κ2) is 4.44. The minimum atomic E-state index is -0.778. The van der Waals surface area contributed by atoms with Crippen LogP contribution in [0.25, 0.3) is 0 Å². The number of ether oxygens (including phenoxy) is 1. The molecule has 0 fully saturated rings. The van der Waals surface area contributed by atoms with E-state index in [9.17, 15) is 4.79 Å². The number of carbonyl (C=O) groups is 1. The van der Waals surface area contributed by atoms with Gasteiger partial charge in [-0.3, -0.25) is 4.79 Å². The van der Waals surface area contributed by atoms with E-state index in [1.165, 1.54) is 0 Å². The molecule has 5 heteroatoms. The topological polar surface area (TPSA) is 72.6 Å². The molecule has 15 heavy (non-hydrogen) atoms. The lowest BCUT2D eigenvalue weighted by atomic mass is 10.1. The molecule has 0 saturated carbocycles. The van der Waals surface area contributed by atoms with Crippen molar-refractivity contribution in [2.24, 2.45) is 0 Å². The van der Waals surface area contributed by atoms with Crippen molar-refractivity contribution in [2.45, 2.75) is 32.3 Å². The van der Waals surface area contributed by atoms with E-state index in [1.54, 1.807) is 0 Å². The largest absolute Gasteiger partial charge is 0.481 e. The van der Waals surface area contributed by atoms with Crippen LogP contribution in [0.2, 0.25) is 0 Å². The number of nitrogens with zero attached hydrogens (tertiary/aromatic N) is 1. The van der Waals surface area contributed by atoms with Gasteiger partial charge in [-0.15, -0.1) is 0 Å². The van der Waals surface area contributed by atoms with Crippen LogP contribution in [-0.4, -0.2) is 22.8 Å². The zero-order valence-electron chi connectivity index (χ0n) is 8.36. The van der Waals surface area contributed by atoms with Crippen molar-refractivity contribution in [3.05, 3.63) is 17.0 Å². The van der Waals surface area contributed by atoms with E-state index in [4.69, 9.17) is 14.4 Å². The molecule has 1 aromatic heterocycles. The quantitative estimate of drug-likeness (QED) is 0.808. The zero-order valence-corrected chi connectivity index (χ0v) is 8.36. The van der Waals surface area contributed by atoms with E-state index in [0.29, 0.717) is 26.1 Å². The summed E-state index contributed by atoms with van der Waals surface area (Å²) in [6.07, 6.45) is 2.16. The summed E-state index contributed by atoms with van der Waals surface area (Å²) in [6.45, 7) is 1.23. The highest BCUT2D eigenvalue weighted by molar-refractivity contribution is 5.66. The number of carboxylic acids is 1. The van der Waals surface area contributed by atoms with Crippen LogP contribution in [-0.2, 0) is 29.0 Å². The number of aromatic nitrogens is 1. The minimum absolute atomic E-state index is 0.163. The molecule has 1 aliphatic heterocycles. The molecular formula is C10H13NO4. The molecule has 0 bridgehead atoms. The lowest BCUT2D eigenvalue weighted by molar-refractivity contribution is -0.137. The number of aliphatic carboxylic acids is 1. The van der Waals surface area contributed by atoms with Crippen LogP contribution in [0.1, 0.15) is 29.9 Å². The van der Waals surface area contributed by atoms with Crippen LogP contribution in [0.15, 0.2) is 4.52 Å². The van der Waals surface area contributed by atoms with Gasteiger partial charge in [-0.05, 0) is 6.42 Å². The van der Waals surface area contributed by atoms with E-state index in [1.807, 2.05) is 0 Å². The zero-order chi connectivity index (χ0) is 10.7. The first-order chi connectivity index (χ1) is 7.27. The van der Waals surface area contributed by atoms with Gasteiger partial charge in [0, 0.05) is 24.8 Å². The maximum absolute atomic E-state index is 10.3. The average Bonchev–Trinajstić information content (AvgIpc) is 2.62. The third-order valence-electron chi connectivity index (χ3n) is 2.48. The van der Waals surface area contributed by atoms with Gasteiger partial charge in [0.15, 0.2) is 0 Å². The molecule has 1 N–H and O–H groups in total. The molecule has 0 radical (unpaired) electrons. The van der Waals surface area contributed by atoms with Crippen LogP contribution < -0.4 is 0 Å². The van der Waals surface area contributed by atoms with Crippen molar-refractivity contribution < 1.29 is 19.2 Å². The summed E-state index contributed by atoms with van der Waals surface area (Å²) in [5.74, 6) is 0.00517. The third kappa shape index (κ3) is 2.36. The summed E-state index contributed by atoms with van der Waals surface area (Å²) in [4.78, 5) is 10.3. The molecule has 2 rings (SSSR count). The first kappa shape index (κ1) is 10.2. The van der Waals surface area contributed by atoms with Crippen molar-refractivity contribution in [3.8, 4) is 0 Å². The van der Waals surface area contributed by atoms with Gasteiger partial charge in [-0.2, -0.15) is 0 Å².